The van der Waals surface area contributed by atoms with E-state index >= 15 is 0 Å². The molecule has 2 amide bonds. The fraction of sp³-hybridized carbons (Fsp3) is 0.412. The van der Waals surface area contributed by atoms with Gasteiger partial charge in [-0.15, -0.1) is 11.3 Å². The van der Waals surface area contributed by atoms with E-state index in [4.69, 9.17) is 0 Å². The van der Waals surface area contributed by atoms with Crippen LogP contribution in [0.2, 0.25) is 0 Å². The Balaban J connectivity index is 1.68. The fourth-order valence-electron chi connectivity index (χ4n) is 2.79. The quantitative estimate of drug-likeness (QED) is 0.806. The number of carbonyl (C=O) groups is 1. The maximum absolute atomic E-state index is 12.5. The molecule has 4 nitrogen and oxygen atoms in total. The third-order valence-electron chi connectivity index (χ3n) is 4.36. The van der Waals surface area contributed by atoms with E-state index in [9.17, 15) is 4.79 Å². The standard InChI is InChI=1S/C17H20BrN3OS/c1-21(9-15-10-23-11-19-15)17(22)20-16(12-3-2-4-12)13-5-7-14(18)8-6-13/h5-8,10-12,16H,2-4,9H2,1H3,(H,20,22). The van der Waals surface area contributed by atoms with E-state index in [-0.39, 0.29) is 12.1 Å². The summed E-state index contributed by atoms with van der Waals surface area (Å²) < 4.78 is 1.06. The van der Waals surface area contributed by atoms with Gasteiger partial charge in [-0.1, -0.05) is 34.5 Å². The van der Waals surface area contributed by atoms with Crippen molar-refractivity contribution in [3.63, 3.8) is 0 Å². The number of rotatable bonds is 5. The fourth-order valence-corrected chi connectivity index (χ4v) is 3.60. The molecule has 1 unspecified atom stereocenters. The molecule has 0 saturated heterocycles. The first-order valence-corrected chi connectivity index (χ1v) is 9.51. The first kappa shape index (κ1) is 16.5. The molecule has 0 bridgehead atoms. The maximum atomic E-state index is 12.5. The Morgan fingerprint density at radius 2 is 2.17 bits per heavy atom. The molecule has 23 heavy (non-hydrogen) atoms. The Hall–Kier alpha value is -1.40. The van der Waals surface area contributed by atoms with Gasteiger partial charge in [0.1, 0.15) is 0 Å². The van der Waals surface area contributed by atoms with Crippen molar-refractivity contribution in [1.29, 1.82) is 0 Å². The van der Waals surface area contributed by atoms with Crippen molar-refractivity contribution in [2.24, 2.45) is 5.92 Å². The van der Waals surface area contributed by atoms with Crippen LogP contribution in [0, 0.1) is 5.92 Å². The number of carbonyl (C=O) groups excluding carboxylic acids is 1. The Bertz CT molecular complexity index is 640. The van der Waals surface area contributed by atoms with Crippen molar-refractivity contribution in [3.05, 3.63) is 50.9 Å². The van der Waals surface area contributed by atoms with E-state index < -0.39 is 0 Å². The van der Waals surface area contributed by atoms with Crippen molar-refractivity contribution >= 4 is 33.3 Å². The zero-order chi connectivity index (χ0) is 16.2. The van der Waals surface area contributed by atoms with Crippen LogP contribution >= 0.6 is 27.3 Å². The summed E-state index contributed by atoms with van der Waals surface area (Å²) >= 11 is 5.02. The number of halogens is 1. The van der Waals surface area contributed by atoms with Gasteiger partial charge in [0.05, 0.1) is 23.8 Å². The molecule has 1 aromatic carbocycles. The van der Waals surface area contributed by atoms with Crippen molar-refractivity contribution in [1.82, 2.24) is 15.2 Å². The van der Waals surface area contributed by atoms with Crippen molar-refractivity contribution in [3.8, 4) is 0 Å². The lowest BCUT2D eigenvalue weighted by atomic mass is 9.77. The van der Waals surface area contributed by atoms with Gasteiger partial charge >= 0.3 is 6.03 Å². The van der Waals surface area contributed by atoms with E-state index in [0.29, 0.717) is 12.5 Å². The predicted molar refractivity (Wildman–Crippen MR) is 96.3 cm³/mol. The molecule has 6 heteroatoms. The van der Waals surface area contributed by atoms with Gasteiger partial charge in [-0.2, -0.15) is 0 Å². The van der Waals surface area contributed by atoms with Gasteiger partial charge < -0.3 is 10.2 Å². The first-order chi connectivity index (χ1) is 11.1. The molecule has 1 saturated carbocycles. The van der Waals surface area contributed by atoms with Crippen LogP contribution in [0.3, 0.4) is 0 Å². The second-order valence-corrected chi connectivity index (χ2v) is 7.64. The highest BCUT2D eigenvalue weighted by Gasteiger charge is 2.30. The minimum Gasteiger partial charge on any atom is -0.331 e. The third kappa shape index (κ3) is 4.12. The van der Waals surface area contributed by atoms with E-state index in [0.717, 1.165) is 10.2 Å². The summed E-state index contributed by atoms with van der Waals surface area (Å²) in [5.74, 6) is 0.535. The Morgan fingerprint density at radius 3 is 2.74 bits per heavy atom. The third-order valence-corrected chi connectivity index (χ3v) is 5.52. The lowest BCUT2D eigenvalue weighted by molar-refractivity contribution is 0.181. The Morgan fingerprint density at radius 1 is 1.43 bits per heavy atom. The second kappa shape index (κ2) is 7.45. The monoisotopic (exact) mass is 393 g/mol. The highest BCUT2D eigenvalue weighted by molar-refractivity contribution is 9.10. The van der Waals surface area contributed by atoms with Crippen LogP contribution in [0.4, 0.5) is 4.79 Å². The number of hydrogen-bond acceptors (Lipinski definition) is 3. The van der Waals surface area contributed by atoms with Crippen molar-refractivity contribution in [2.45, 2.75) is 31.8 Å². The zero-order valence-corrected chi connectivity index (χ0v) is 15.4. The van der Waals surface area contributed by atoms with Crippen LogP contribution in [0.25, 0.3) is 0 Å². The number of hydrogen-bond donors (Lipinski definition) is 1. The summed E-state index contributed by atoms with van der Waals surface area (Å²) in [6, 6.07) is 8.29. The number of thiazole rings is 1. The summed E-state index contributed by atoms with van der Waals surface area (Å²) in [6.45, 7) is 0.535. The van der Waals surface area contributed by atoms with E-state index in [1.54, 1.807) is 21.7 Å². The highest BCUT2D eigenvalue weighted by atomic mass is 79.9. The molecule has 0 aliphatic heterocycles. The minimum absolute atomic E-state index is 0.0437. The molecule has 1 atom stereocenters. The lowest BCUT2D eigenvalue weighted by Gasteiger charge is -2.35. The number of benzene rings is 1. The predicted octanol–water partition coefficient (Wildman–Crippen LogP) is 4.59. The number of amides is 2. The van der Waals surface area contributed by atoms with Crippen LogP contribution in [0.5, 0.6) is 0 Å². The van der Waals surface area contributed by atoms with Crippen LogP contribution in [-0.2, 0) is 6.54 Å². The molecule has 122 valence electrons. The van der Waals surface area contributed by atoms with Gasteiger partial charge in [0, 0.05) is 16.9 Å². The first-order valence-electron chi connectivity index (χ1n) is 7.77. The molecule has 3 rings (SSSR count). The summed E-state index contributed by atoms with van der Waals surface area (Å²) in [7, 11) is 1.81. The minimum atomic E-state index is -0.0437. The summed E-state index contributed by atoms with van der Waals surface area (Å²) in [4.78, 5) is 18.5. The number of urea groups is 1. The Kier molecular flexibility index (Phi) is 5.33. The van der Waals surface area contributed by atoms with Gasteiger partial charge in [-0.3, -0.25) is 0 Å². The van der Waals surface area contributed by atoms with E-state index in [1.807, 2.05) is 24.6 Å². The largest absolute Gasteiger partial charge is 0.331 e. The molecular weight excluding hydrogens is 374 g/mol. The molecule has 1 fully saturated rings. The molecule has 1 aromatic heterocycles. The summed E-state index contributed by atoms with van der Waals surface area (Å²) in [5, 5.41) is 5.19. The molecule has 1 heterocycles. The molecule has 0 spiro atoms. The zero-order valence-electron chi connectivity index (χ0n) is 13.0. The number of aromatic nitrogens is 1. The number of nitrogens with one attached hydrogen (secondary N) is 1. The van der Waals surface area contributed by atoms with Crippen LogP contribution in [0.1, 0.15) is 36.6 Å². The Labute approximate surface area is 149 Å². The molecule has 0 radical (unpaired) electrons. The van der Waals surface area contributed by atoms with E-state index in [2.05, 4.69) is 38.4 Å². The lowest BCUT2D eigenvalue weighted by Crippen LogP contribution is -2.42. The van der Waals surface area contributed by atoms with Gasteiger partial charge in [0.15, 0.2) is 0 Å². The average molecular weight is 394 g/mol. The second-order valence-electron chi connectivity index (χ2n) is 6.01. The van der Waals surface area contributed by atoms with Crippen LogP contribution < -0.4 is 5.32 Å². The summed E-state index contributed by atoms with van der Waals surface area (Å²) in [6.07, 6.45) is 3.61. The van der Waals surface area contributed by atoms with Gasteiger partial charge in [0.25, 0.3) is 0 Å². The average Bonchev–Trinajstić information content (AvgIpc) is 2.98. The molecule has 1 N–H and O–H groups in total. The highest BCUT2D eigenvalue weighted by Crippen LogP contribution is 2.38. The van der Waals surface area contributed by atoms with Gasteiger partial charge in [0.2, 0.25) is 0 Å². The number of nitrogens with zero attached hydrogens (tertiary/aromatic N) is 2. The van der Waals surface area contributed by atoms with E-state index in [1.165, 1.54) is 24.8 Å². The normalized spacial score (nSPS) is 15.7. The van der Waals surface area contributed by atoms with Gasteiger partial charge in [-0.25, -0.2) is 9.78 Å². The van der Waals surface area contributed by atoms with Crippen LogP contribution in [0.15, 0.2) is 39.6 Å². The molecule has 2 aromatic rings. The SMILES string of the molecule is CN(Cc1cscn1)C(=O)NC(c1ccc(Br)cc1)C1CCC1. The topological polar surface area (TPSA) is 45.2 Å². The smallest absolute Gasteiger partial charge is 0.317 e. The molecule has 1 aliphatic carbocycles. The summed E-state index contributed by atoms with van der Waals surface area (Å²) in [5.41, 5.74) is 3.89. The molecule has 1 aliphatic rings. The maximum Gasteiger partial charge on any atom is 0.317 e. The van der Waals surface area contributed by atoms with Crippen molar-refractivity contribution in [2.75, 3.05) is 7.05 Å². The molecular formula is C17H20BrN3OS. The van der Waals surface area contributed by atoms with Crippen LogP contribution in [-0.4, -0.2) is 23.0 Å². The van der Waals surface area contributed by atoms with Gasteiger partial charge in [-0.05, 0) is 36.5 Å². The van der Waals surface area contributed by atoms with Crippen molar-refractivity contribution < 1.29 is 4.79 Å².